The molecule has 0 atom stereocenters. The molecule has 0 saturated heterocycles. The molecule has 0 aliphatic rings. The normalized spacial score (nSPS) is 11.3. The Hall–Kier alpha value is -1.91. The van der Waals surface area contributed by atoms with Crippen LogP contribution >= 0.6 is 23.2 Å². The summed E-state index contributed by atoms with van der Waals surface area (Å²) in [4.78, 5) is 0. The van der Waals surface area contributed by atoms with Gasteiger partial charge in [0.05, 0.1) is 11.6 Å². The van der Waals surface area contributed by atoms with Gasteiger partial charge in [-0.2, -0.15) is 0 Å². The van der Waals surface area contributed by atoms with Gasteiger partial charge in [-0.1, -0.05) is 28.4 Å². The van der Waals surface area contributed by atoms with E-state index in [0.717, 1.165) is 11.3 Å². The van der Waals surface area contributed by atoms with Gasteiger partial charge in [-0.15, -0.1) is 0 Å². The fourth-order valence-corrected chi connectivity index (χ4v) is 2.28. The van der Waals surface area contributed by atoms with E-state index in [0.29, 0.717) is 28.1 Å². The number of nitrogens with zero attached hydrogens (tertiary/aromatic N) is 1. The van der Waals surface area contributed by atoms with Crippen LogP contribution in [0.3, 0.4) is 0 Å². The number of halogens is 2. The molecule has 0 fully saturated rings. The molecule has 0 saturated carbocycles. The van der Waals surface area contributed by atoms with Crippen molar-refractivity contribution in [2.24, 2.45) is 5.16 Å². The third-order valence-electron chi connectivity index (χ3n) is 2.88. The molecule has 0 heterocycles. The monoisotopic (exact) mass is 339 g/mol. The zero-order chi connectivity index (χ0) is 15.9. The Labute approximate surface area is 138 Å². The Balaban J connectivity index is 2.06. The molecule has 0 aliphatic heterocycles. The second kappa shape index (κ2) is 7.92. The summed E-state index contributed by atoms with van der Waals surface area (Å²) >= 11 is 11.9. The number of oxime groups is 1. The molecule has 1 N–H and O–H groups in total. The zero-order valence-electron chi connectivity index (χ0n) is 11.9. The quantitative estimate of drug-likeness (QED) is 0.473. The number of rotatable bonds is 6. The first-order chi connectivity index (χ1) is 10.6. The van der Waals surface area contributed by atoms with Gasteiger partial charge in [0.1, 0.15) is 23.8 Å². The van der Waals surface area contributed by atoms with Crippen molar-refractivity contribution in [1.29, 1.82) is 0 Å². The van der Waals surface area contributed by atoms with Crippen molar-refractivity contribution >= 4 is 28.9 Å². The van der Waals surface area contributed by atoms with Crippen LogP contribution in [0.15, 0.2) is 47.6 Å². The van der Waals surface area contributed by atoms with E-state index in [4.69, 9.17) is 37.9 Å². The largest absolute Gasteiger partial charge is 0.494 e. The molecule has 0 amide bonds. The zero-order valence-corrected chi connectivity index (χ0v) is 13.4. The summed E-state index contributed by atoms with van der Waals surface area (Å²) < 4.78 is 10.9. The maximum Gasteiger partial charge on any atom is 0.138 e. The van der Waals surface area contributed by atoms with E-state index in [1.807, 2.05) is 6.92 Å². The van der Waals surface area contributed by atoms with E-state index in [9.17, 15) is 0 Å². The van der Waals surface area contributed by atoms with Crippen LogP contribution in [0, 0.1) is 0 Å². The Kier molecular flexibility index (Phi) is 5.92. The highest BCUT2D eigenvalue weighted by Gasteiger charge is 2.08. The van der Waals surface area contributed by atoms with Crippen LogP contribution in [0.5, 0.6) is 11.5 Å². The van der Waals surface area contributed by atoms with Gasteiger partial charge in [-0.25, -0.2) is 0 Å². The van der Waals surface area contributed by atoms with Crippen LogP contribution in [0.1, 0.15) is 12.5 Å². The van der Waals surface area contributed by atoms with Gasteiger partial charge in [0.2, 0.25) is 0 Å². The van der Waals surface area contributed by atoms with Crippen molar-refractivity contribution < 1.29 is 14.7 Å². The summed E-state index contributed by atoms with van der Waals surface area (Å²) in [6, 6.07) is 12.1. The minimum atomic E-state index is 0.0752. The van der Waals surface area contributed by atoms with Gasteiger partial charge in [-0.05, 0) is 49.4 Å². The Morgan fingerprint density at radius 3 is 2.41 bits per heavy atom. The molecular formula is C16H15Cl2NO3. The maximum atomic E-state index is 9.17. The molecular weight excluding hydrogens is 325 g/mol. The van der Waals surface area contributed by atoms with Crippen LogP contribution in [0.4, 0.5) is 0 Å². The molecule has 0 unspecified atom stereocenters. The van der Waals surface area contributed by atoms with Crippen LogP contribution < -0.4 is 9.47 Å². The van der Waals surface area contributed by atoms with Crippen molar-refractivity contribution in [1.82, 2.24) is 0 Å². The van der Waals surface area contributed by atoms with Gasteiger partial charge >= 0.3 is 0 Å². The highest BCUT2D eigenvalue weighted by molar-refractivity contribution is 6.35. The van der Waals surface area contributed by atoms with E-state index in [-0.39, 0.29) is 6.61 Å². The summed E-state index contributed by atoms with van der Waals surface area (Å²) in [5.74, 6) is 1.23. The Morgan fingerprint density at radius 1 is 1.09 bits per heavy atom. The fraction of sp³-hybridized carbons (Fsp3) is 0.188. The lowest BCUT2D eigenvalue weighted by Crippen LogP contribution is -2.13. The summed E-state index contributed by atoms with van der Waals surface area (Å²) in [6.45, 7) is 2.59. The molecule has 22 heavy (non-hydrogen) atoms. The topological polar surface area (TPSA) is 51.0 Å². The maximum absolute atomic E-state index is 9.17. The molecule has 4 nitrogen and oxygen atoms in total. The van der Waals surface area contributed by atoms with E-state index in [1.165, 1.54) is 0 Å². The van der Waals surface area contributed by atoms with Gasteiger partial charge < -0.3 is 14.7 Å². The molecule has 0 bridgehead atoms. The minimum Gasteiger partial charge on any atom is -0.494 e. The van der Waals surface area contributed by atoms with Gasteiger partial charge in [0, 0.05) is 10.6 Å². The van der Waals surface area contributed by atoms with Gasteiger partial charge in [0.15, 0.2) is 0 Å². The average molecular weight is 340 g/mol. The first kappa shape index (κ1) is 16.5. The summed E-state index contributed by atoms with van der Waals surface area (Å²) in [7, 11) is 0. The summed E-state index contributed by atoms with van der Waals surface area (Å²) in [5, 5.41) is 13.4. The van der Waals surface area contributed by atoms with Crippen molar-refractivity contribution in [2.45, 2.75) is 6.92 Å². The van der Waals surface area contributed by atoms with E-state index < -0.39 is 0 Å². The molecule has 2 aromatic rings. The lowest BCUT2D eigenvalue weighted by atomic mass is 10.1. The molecule has 0 radical (unpaired) electrons. The molecule has 2 rings (SSSR count). The molecule has 0 spiro atoms. The lowest BCUT2D eigenvalue weighted by Gasteiger charge is -2.10. The SMILES string of the molecule is CCOc1ccc(/C(COc2ccc(Cl)cc2Cl)=N/O)cc1. The predicted molar refractivity (Wildman–Crippen MR) is 87.9 cm³/mol. The first-order valence-electron chi connectivity index (χ1n) is 6.66. The fourth-order valence-electron chi connectivity index (χ4n) is 1.82. The van der Waals surface area contributed by atoms with Crippen LogP contribution in [-0.4, -0.2) is 24.1 Å². The highest BCUT2D eigenvalue weighted by Crippen LogP contribution is 2.27. The van der Waals surface area contributed by atoms with E-state index >= 15 is 0 Å². The van der Waals surface area contributed by atoms with Gasteiger partial charge in [-0.3, -0.25) is 0 Å². The minimum absolute atomic E-state index is 0.0752. The second-order valence-electron chi connectivity index (χ2n) is 4.37. The highest BCUT2D eigenvalue weighted by atomic mass is 35.5. The summed E-state index contributed by atoms with van der Waals surface area (Å²) in [6.07, 6.45) is 0. The molecule has 2 aromatic carbocycles. The van der Waals surface area contributed by atoms with Crippen molar-refractivity contribution in [3.63, 3.8) is 0 Å². The average Bonchev–Trinajstić information content (AvgIpc) is 2.51. The summed E-state index contributed by atoms with van der Waals surface area (Å²) in [5.41, 5.74) is 1.12. The standard InChI is InChI=1S/C16H15Cl2NO3/c1-2-21-13-6-3-11(4-7-13)15(19-20)10-22-16-8-5-12(17)9-14(16)18/h3-9,20H,2,10H2,1H3/b19-15+. The third kappa shape index (κ3) is 4.29. The molecule has 6 heteroatoms. The number of ether oxygens (including phenoxy) is 2. The van der Waals surface area contributed by atoms with E-state index in [1.54, 1.807) is 42.5 Å². The van der Waals surface area contributed by atoms with Crippen LogP contribution in [0.2, 0.25) is 10.0 Å². The van der Waals surface area contributed by atoms with Crippen LogP contribution in [-0.2, 0) is 0 Å². The Morgan fingerprint density at radius 2 is 1.82 bits per heavy atom. The van der Waals surface area contributed by atoms with E-state index in [2.05, 4.69) is 5.16 Å². The predicted octanol–water partition coefficient (Wildman–Crippen LogP) is 4.65. The first-order valence-corrected chi connectivity index (χ1v) is 7.41. The van der Waals surface area contributed by atoms with Crippen molar-refractivity contribution in [3.8, 4) is 11.5 Å². The molecule has 0 aliphatic carbocycles. The van der Waals surface area contributed by atoms with Crippen molar-refractivity contribution in [2.75, 3.05) is 13.2 Å². The Bertz CT molecular complexity index is 657. The van der Waals surface area contributed by atoms with Crippen LogP contribution in [0.25, 0.3) is 0 Å². The smallest absolute Gasteiger partial charge is 0.138 e. The van der Waals surface area contributed by atoms with Crippen molar-refractivity contribution in [3.05, 3.63) is 58.1 Å². The lowest BCUT2D eigenvalue weighted by molar-refractivity contribution is 0.308. The molecule has 0 aromatic heterocycles. The number of benzene rings is 2. The number of hydrogen-bond donors (Lipinski definition) is 1. The molecule has 116 valence electrons. The second-order valence-corrected chi connectivity index (χ2v) is 5.21. The number of hydrogen-bond acceptors (Lipinski definition) is 4. The van der Waals surface area contributed by atoms with Gasteiger partial charge in [0.25, 0.3) is 0 Å². The third-order valence-corrected chi connectivity index (χ3v) is 3.41.